The Hall–Kier alpha value is -0.380. The van der Waals surface area contributed by atoms with Gasteiger partial charge in [0.05, 0.1) is 19.8 Å². The number of hydrogen-bond donors (Lipinski definition) is 1. The van der Waals surface area contributed by atoms with E-state index in [0.717, 1.165) is 43.1 Å². The van der Waals surface area contributed by atoms with Gasteiger partial charge in [-0.15, -0.1) is 24.0 Å². The van der Waals surface area contributed by atoms with Crippen molar-refractivity contribution in [2.75, 3.05) is 53.6 Å². The van der Waals surface area contributed by atoms with Gasteiger partial charge in [0, 0.05) is 49.6 Å². The quantitative estimate of drug-likeness (QED) is 0.229. The molecule has 27 heavy (non-hydrogen) atoms. The third-order valence-corrected chi connectivity index (χ3v) is 5.43. The molecule has 0 aliphatic carbocycles. The summed E-state index contributed by atoms with van der Waals surface area (Å²) in [5.41, 5.74) is 1.34. The summed E-state index contributed by atoms with van der Waals surface area (Å²) in [5.74, 6) is 1.54. The van der Waals surface area contributed by atoms with Crippen LogP contribution in [-0.4, -0.2) is 64.5 Å². The summed E-state index contributed by atoms with van der Waals surface area (Å²) in [6.07, 6.45) is 1.14. The molecule has 5 nitrogen and oxygen atoms in total. The first kappa shape index (κ1) is 24.7. The SMILES string of the molecule is CN=C(NCC(C)(C)c1ccc(Br)cc1)N1CCC(COCCOC)C1.I. The summed E-state index contributed by atoms with van der Waals surface area (Å²) in [5, 5.41) is 3.57. The molecular formula is C20H33BrIN3O2. The van der Waals surface area contributed by atoms with Crippen molar-refractivity contribution < 1.29 is 9.47 Å². The van der Waals surface area contributed by atoms with Crippen molar-refractivity contribution in [1.29, 1.82) is 0 Å². The van der Waals surface area contributed by atoms with Crippen LogP contribution < -0.4 is 5.32 Å². The topological polar surface area (TPSA) is 46.1 Å². The highest BCUT2D eigenvalue weighted by molar-refractivity contribution is 14.0. The van der Waals surface area contributed by atoms with Crippen LogP contribution in [-0.2, 0) is 14.9 Å². The largest absolute Gasteiger partial charge is 0.382 e. The van der Waals surface area contributed by atoms with Crippen molar-refractivity contribution in [1.82, 2.24) is 10.2 Å². The van der Waals surface area contributed by atoms with Crippen LogP contribution in [0.3, 0.4) is 0 Å². The lowest BCUT2D eigenvalue weighted by atomic mass is 9.85. The molecule has 0 radical (unpaired) electrons. The minimum absolute atomic E-state index is 0. The van der Waals surface area contributed by atoms with Crippen LogP contribution in [0.4, 0.5) is 0 Å². The van der Waals surface area contributed by atoms with Crippen LogP contribution >= 0.6 is 39.9 Å². The lowest BCUT2D eigenvalue weighted by Crippen LogP contribution is -2.45. The van der Waals surface area contributed by atoms with E-state index < -0.39 is 0 Å². The zero-order valence-corrected chi connectivity index (χ0v) is 20.7. The molecule has 0 aromatic heterocycles. The minimum Gasteiger partial charge on any atom is -0.382 e. The monoisotopic (exact) mass is 553 g/mol. The maximum absolute atomic E-state index is 5.69. The number of halogens is 2. The van der Waals surface area contributed by atoms with Gasteiger partial charge in [-0.3, -0.25) is 4.99 Å². The third-order valence-electron chi connectivity index (χ3n) is 4.90. The second-order valence-corrected chi connectivity index (χ2v) is 8.38. The number of benzene rings is 1. The summed E-state index contributed by atoms with van der Waals surface area (Å²) < 4.78 is 11.8. The Bertz CT molecular complexity index is 581. The van der Waals surface area contributed by atoms with Crippen LogP contribution in [0.15, 0.2) is 33.7 Å². The van der Waals surface area contributed by atoms with Gasteiger partial charge in [0.25, 0.3) is 0 Å². The van der Waals surface area contributed by atoms with E-state index in [1.165, 1.54) is 5.56 Å². The number of nitrogens with zero attached hydrogens (tertiary/aromatic N) is 2. The predicted molar refractivity (Wildman–Crippen MR) is 126 cm³/mol. The van der Waals surface area contributed by atoms with E-state index in [2.05, 4.69) is 69.3 Å². The molecule has 2 rings (SSSR count). The molecule has 1 fully saturated rings. The molecule has 1 aliphatic heterocycles. The van der Waals surface area contributed by atoms with Gasteiger partial charge < -0.3 is 19.7 Å². The van der Waals surface area contributed by atoms with Crippen LogP contribution in [0.2, 0.25) is 0 Å². The first-order chi connectivity index (χ1) is 12.5. The number of nitrogens with one attached hydrogen (secondary N) is 1. The van der Waals surface area contributed by atoms with Gasteiger partial charge in [0.15, 0.2) is 5.96 Å². The van der Waals surface area contributed by atoms with Crippen molar-refractivity contribution >= 4 is 45.9 Å². The van der Waals surface area contributed by atoms with E-state index in [1.807, 2.05) is 7.05 Å². The van der Waals surface area contributed by atoms with Gasteiger partial charge in [-0.25, -0.2) is 0 Å². The third kappa shape index (κ3) is 7.87. The summed E-state index contributed by atoms with van der Waals surface area (Å²) in [7, 11) is 3.56. The predicted octanol–water partition coefficient (Wildman–Crippen LogP) is 3.91. The van der Waals surface area contributed by atoms with Crippen molar-refractivity contribution in [3.05, 3.63) is 34.3 Å². The molecule has 1 saturated heterocycles. The molecule has 154 valence electrons. The Kier molecular flexibility index (Phi) is 11.2. The normalized spacial score (nSPS) is 17.7. The van der Waals surface area contributed by atoms with Crippen LogP contribution in [0.1, 0.15) is 25.8 Å². The van der Waals surface area contributed by atoms with Crippen molar-refractivity contribution in [2.24, 2.45) is 10.9 Å². The molecule has 7 heteroatoms. The lowest BCUT2D eigenvalue weighted by molar-refractivity contribution is 0.0536. The number of aliphatic imine (C=N–C) groups is 1. The maximum atomic E-state index is 5.69. The first-order valence-electron chi connectivity index (χ1n) is 9.24. The van der Waals surface area contributed by atoms with Crippen LogP contribution in [0, 0.1) is 5.92 Å². The van der Waals surface area contributed by atoms with Gasteiger partial charge in [0.1, 0.15) is 0 Å². The smallest absolute Gasteiger partial charge is 0.193 e. The molecule has 0 amide bonds. The molecule has 0 saturated carbocycles. The van der Waals surface area contributed by atoms with Crippen LogP contribution in [0.25, 0.3) is 0 Å². The molecule has 0 spiro atoms. The Morgan fingerprint density at radius 2 is 2.00 bits per heavy atom. The molecule has 1 atom stereocenters. The van der Waals surface area contributed by atoms with Gasteiger partial charge in [-0.2, -0.15) is 0 Å². The van der Waals surface area contributed by atoms with Crippen molar-refractivity contribution in [3.8, 4) is 0 Å². The zero-order valence-electron chi connectivity index (χ0n) is 16.8. The Labute approximate surface area is 189 Å². The second kappa shape index (κ2) is 12.2. The van der Waals surface area contributed by atoms with Gasteiger partial charge >= 0.3 is 0 Å². The fourth-order valence-corrected chi connectivity index (χ4v) is 3.45. The van der Waals surface area contributed by atoms with E-state index in [-0.39, 0.29) is 29.4 Å². The molecule has 0 bridgehead atoms. The van der Waals surface area contributed by atoms with E-state index in [1.54, 1.807) is 7.11 Å². The van der Waals surface area contributed by atoms with E-state index >= 15 is 0 Å². The highest BCUT2D eigenvalue weighted by Crippen LogP contribution is 2.24. The van der Waals surface area contributed by atoms with Crippen molar-refractivity contribution in [3.63, 3.8) is 0 Å². The molecule has 1 unspecified atom stereocenters. The highest BCUT2D eigenvalue weighted by Gasteiger charge is 2.27. The number of rotatable bonds is 8. The summed E-state index contributed by atoms with van der Waals surface area (Å²) in [4.78, 5) is 6.82. The van der Waals surface area contributed by atoms with Gasteiger partial charge in [-0.05, 0) is 24.1 Å². The van der Waals surface area contributed by atoms with Gasteiger partial charge in [0.2, 0.25) is 0 Å². The molecule has 1 aliphatic rings. The van der Waals surface area contributed by atoms with E-state index in [9.17, 15) is 0 Å². The average Bonchev–Trinajstić information content (AvgIpc) is 3.08. The standard InChI is InChI=1S/C20H32BrN3O2.HI/c1-20(2,17-5-7-18(21)8-6-17)15-23-19(22-3)24-10-9-16(13-24)14-26-12-11-25-4;/h5-8,16H,9-15H2,1-4H3,(H,22,23);1H. The first-order valence-corrected chi connectivity index (χ1v) is 10.0. The van der Waals surface area contributed by atoms with Crippen LogP contribution in [0.5, 0.6) is 0 Å². The fraction of sp³-hybridized carbons (Fsp3) is 0.650. The number of hydrogen-bond acceptors (Lipinski definition) is 3. The molecule has 1 aromatic carbocycles. The fourth-order valence-electron chi connectivity index (χ4n) is 3.19. The molecule has 1 heterocycles. The number of methoxy groups -OCH3 is 1. The number of guanidine groups is 1. The Balaban J connectivity index is 0.00000364. The summed E-state index contributed by atoms with van der Waals surface area (Å²) in [6, 6.07) is 8.55. The molecule has 1 aromatic rings. The Morgan fingerprint density at radius 3 is 2.63 bits per heavy atom. The number of ether oxygens (including phenoxy) is 2. The zero-order chi connectivity index (χ0) is 19.0. The highest BCUT2D eigenvalue weighted by atomic mass is 127. The summed E-state index contributed by atoms with van der Waals surface area (Å²) >= 11 is 3.50. The summed E-state index contributed by atoms with van der Waals surface area (Å²) in [6.45, 7) is 9.49. The average molecular weight is 554 g/mol. The van der Waals surface area contributed by atoms with Crippen molar-refractivity contribution in [2.45, 2.75) is 25.7 Å². The molecular weight excluding hydrogens is 521 g/mol. The minimum atomic E-state index is 0. The van der Waals surface area contributed by atoms with Gasteiger partial charge in [-0.1, -0.05) is 41.9 Å². The lowest BCUT2D eigenvalue weighted by Gasteiger charge is -2.29. The van der Waals surface area contributed by atoms with E-state index in [0.29, 0.717) is 19.1 Å². The molecule has 1 N–H and O–H groups in total. The Morgan fingerprint density at radius 1 is 1.30 bits per heavy atom. The number of likely N-dealkylation sites (tertiary alicyclic amines) is 1. The second-order valence-electron chi connectivity index (χ2n) is 7.46. The van der Waals surface area contributed by atoms with E-state index in [4.69, 9.17) is 9.47 Å². The maximum Gasteiger partial charge on any atom is 0.193 e.